The molecule has 4 heteroatoms. The molecule has 0 saturated carbocycles. The minimum absolute atomic E-state index is 0.481. The summed E-state index contributed by atoms with van der Waals surface area (Å²) in [4.78, 5) is 0. The molecule has 0 amide bonds. The Kier molecular flexibility index (Phi) is 3.56. The summed E-state index contributed by atoms with van der Waals surface area (Å²) in [6.45, 7) is 3.07. The van der Waals surface area contributed by atoms with Gasteiger partial charge in [0.2, 0.25) is 0 Å². The van der Waals surface area contributed by atoms with Gasteiger partial charge in [0.05, 0.1) is 12.2 Å². The zero-order valence-corrected chi connectivity index (χ0v) is 10.9. The summed E-state index contributed by atoms with van der Waals surface area (Å²) >= 11 is 2.34. The third kappa shape index (κ3) is 2.48. The van der Waals surface area contributed by atoms with Crippen molar-refractivity contribution in [3.05, 3.63) is 33.7 Å². The number of hydrogen-bond acceptors (Lipinski definition) is 2. The average molecular weight is 315 g/mol. The Labute approximate surface area is 103 Å². The molecule has 0 radical (unpaired) electrons. The normalized spacial score (nSPS) is 15.3. The maximum atomic E-state index is 4.20. The molecule has 0 aromatic carbocycles. The van der Waals surface area contributed by atoms with Gasteiger partial charge in [0.15, 0.2) is 0 Å². The molecule has 2 rings (SSSR count). The number of hydrogen-bond donors (Lipinski definition) is 0. The lowest BCUT2D eigenvalue weighted by atomic mass is 10.2. The van der Waals surface area contributed by atoms with Gasteiger partial charge in [-0.15, -0.1) is 5.10 Å². The highest BCUT2D eigenvalue weighted by Gasteiger charge is 2.12. The first-order valence-electron chi connectivity index (χ1n) is 5.24. The van der Waals surface area contributed by atoms with Gasteiger partial charge in [-0.05, 0) is 29.0 Å². The quantitative estimate of drug-likeness (QED) is 0.800. The van der Waals surface area contributed by atoms with E-state index in [0.29, 0.717) is 5.92 Å². The van der Waals surface area contributed by atoms with Gasteiger partial charge in [0.25, 0.3) is 0 Å². The maximum Gasteiger partial charge on any atom is 0.122 e. The van der Waals surface area contributed by atoms with Gasteiger partial charge in [0, 0.05) is 5.92 Å². The van der Waals surface area contributed by atoms with Crippen LogP contribution in [-0.4, -0.2) is 15.0 Å². The van der Waals surface area contributed by atoms with Crippen molar-refractivity contribution in [1.82, 2.24) is 15.0 Å². The number of aromatic nitrogens is 3. The minimum Gasteiger partial charge on any atom is -0.238 e. The number of nitrogens with zero attached hydrogens (tertiary/aromatic N) is 3. The molecule has 1 heterocycles. The van der Waals surface area contributed by atoms with Crippen LogP contribution >= 0.6 is 22.6 Å². The molecule has 3 nitrogen and oxygen atoms in total. The zero-order valence-electron chi connectivity index (χ0n) is 8.73. The Morgan fingerprint density at radius 3 is 2.80 bits per heavy atom. The SMILES string of the molecule is CCCc1nnn(CC2C=CC=C2)c1I. The van der Waals surface area contributed by atoms with Gasteiger partial charge >= 0.3 is 0 Å². The molecule has 0 unspecified atom stereocenters. The van der Waals surface area contributed by atoms with E-state index >= 15 is 0 Å². The van der Waals surface area contributed by atoms with Gasteiger partial charge in [-0.25, -0.2) is 4.68 Å². The summed E-state index contributed by atoms with van der Waals surface area (Å²) in [5, 5.41) is 8.39. The number of rotatable bonds is 4. The maximum absolute atomic E-state index is 4.20. The van der Waals surface area contributed by atoms with Crippen LogP contribution in [0.4, 0.5) is 0 Å². The Morgan fingerprint density at radius 2 is 2.13 bits per heavy atom. The van der Waals surface area contributed by atoms with Gasteiger partial charge in [-0.2, -0.15) is 0 Å². The first-order valence-corrected chi connectivity index (χ1v) is 6.32. The van der Waals surface area contributed by atoms with E-state index in [0.717, 1.165) is 25.1 Å². The van der Waals surface area contributed by atoms with Crippen LogP contribution in [0.5, 0.6) is 0 Å². The summed E-state index contributed by atoms with van der Waals surface area (Å²) in [5.41, 5.74) is 1.13. The zero-order chi connectivity index (χ0) is 10.7. The molecule has 0 atom stereocenters. The lowest BCUT2D eigenvalue weighted by molar-refractivity contribution is 0.529. The Morgan fingerprint density at radius 1 is 1.40 bits per heavy atom. The van der Waals surface area contributed by atoms with E-state index in [2.05, 4.69) is 64.1 Å². The first kappa shape index (κ1) is 10.9. The lowest BCUT2D eigenvalue weighted by Gasteiger charge is -2.05. The van der Waals surface area contributed by atoms with E-state index in [1.807, 2.05) is 4.68 Å². The van der Waals surface area contributed by atoms with E-state index < -0.39 is 0 Å². The van der Waals surface area contributed by atoms with Gasteiger partial charge < -0.3 is 0 Å². The highest BCUT2D eigenvalue weighted by molar-refractivity contribution is 14.1. The van der Waals surface area contributed by atoms with Gasteiger partial charge in [-0.1, -0.05) is 42.9 Å². The Hall–Kier alpha value is -0.650. The molecule has 0 N–H and O–H groups in total. The van der Waals surface area contributed by atoms with Crippen LogP contribution in [0, 0.1) is 9.62 Å². The van der Waals surface area contributed by atoms with Crippen molar-refractivity contribution in [2.24, 2.45) is 5.92 Å². The van der Waals surface area contributed by atoms with Crippen molar-refractivity contribution in [1.29, 1.82) is 0 Å². The van der Waals surface area contributed by atoms with Crippen molar-refractivity contribution < 1.29 is 0 Å². The van der Waals surface area contributed by atoms with Crippen LogP contribution in [0.3, 0.4) is 0 Å². The predicted molar refractivity (Wildman–Crippen MR) is 68.5 cm³/mol. The van der Waals surface area contributed by atoms with E-state index in [4.69, 9.17) is 0 Å². The monoisotopic (exact) mass is 315 g/mol. The lowest BCUT2D eigenvalue weighted by Crippen LogP contribution is -2.09. The fraction of sp³-hybridized carbons (Fsp3) is 0.455. The standard InChI is InChI=1S/C11H14IN3/c1-2-5-10-11(12)15(14-13-10)8-9-6-3-4-7-9/h3-4,6-7,9H,2,5,8H2,1H3. The van der Waals surface area contributed by atoms with E-state index in [1.165, 1.54) is 3.70 Å². The smallest absolute Gasteiger partial charge is 0.122 e. The summed E-state index contributed by atoms with van der Waals surface area (Å²) in [7, 11) is 0. The van der Waals surface area contributed by atoms with Crippen LogP contribution in [0.15, 0.2) is 24.3 Å². The molecule has 15 heavy (non-hydrogen) atoms. The molecule has 0 spiro atoms. The molecule has 1 aliphatic carbocycles. The predicted octanol–water partition coefficient (Wildman–Crippen LogP) is 2.58. The second kappa shape index (κ2) is 4.92. The van der Waals surface area contributed by atoms with Crippen LogP contribution in [0.25, 0.3) is 0 Å². The largest absolute Gasteiger partial charge is 0.238 e. The van der Waals surface area contributed by atoms with Crippen molar-refractivity contribution in [3.63, 3.8) is 0 Å². The summed E-state index contributed by atoms with van der Waals surface area (Å²) < 4.78 is 3.18. The van der Waals surface area contributed by atoms with Crippen molar-refractivity contribution >= 4 is 22.6 Å². The third-order valence-corrected chi connectivity index (χ3v) is 3.62. The minimum atomic E-state index is 0.481. The van der Waals surface area contributed by atoms with Crippen molar-refractivity contribution in [2.75, 3.05) is 0 Å². The topological polar surface area (TPSA) is 30.7 Å². The molecule has 0 fully saturated rings. The molecular formula is C11H14IN3. The second-order valence-corrected chi connectivity index (χ2v) is 4.71. The average Bonchev–Trinajstić information content (AvgIpc) is 2.83. The third-order valence-electron chi connectivity index (χ3n) is 2.44. The second-order valence-electron chi connectivity index (χ2n) is 3.69. The summed E-state index contributed by atoms with van der Waals surface area (Å²) in [6, 6.07) is 0. The van der Waals surface area contributed by atoms with Crippen molar-refractivity contribution in [3.8, 4) is 0 Å². The number of aryl methyl sites for hydroxylation is 1. The fourth-order valence-electron chi connectivity index (χ4n) is 1.64. The number of halogens is 1. The van der Waals surface area contributed by atoms with Crippen LogP contribution in [-0.2, 0) is 13.0 Å². The van der Waals surface area contributed by atoms with Gasteiger partial charge in [-0.3, -0.25) is 0 Å². The van der Waals surface area contributed by atoms with E-state index in [-0.39, 0.29) is 0 Å². The molecular weight excluding hydrogens is 301 g/mol. The molecule has 1 aliphatic rings. The van der Waals surface area contributed by atoms with Crippen LogP contribution < -0.4 is 0 Å². The highest BCUT2D eigenvalue weighted by atomic mass is 127. The van der Waals surface area contributed by atoms with E-state index in [1.54, 1.807) is 0 Å². The molecule has 0 saturated heterocycles. The molecule has 0 aliphatic heterocycles. The first-order chi connectivity index (χ1) is 7.31. The Balaban J connectivity index is 2.08. The van der Waals surface area contributed by atoms with E-state index in [9.17, 15) is 0 Å². The fourth-order valence-corrected chi connectivity index (χ4v) is 2.31. The summed E-state index contributed by atoms with van der Waals surface area (Å²) in [6.07, 6.45) is 10.7. The van der Waals surface area contributed by atoms with Gasteiger partial charge in [0.1, 0.15) is 3.70 Å². The number of allylic oxidation sites excluding steroid dienone is 4. The molecule has 1 aromatic heterocycles. The molecule has 80 valence electrons. The van der Waals surface area contributed by atoms with Crippen LogP contribution in [0.2, 0.25) is 0 Å². The Bertz CT molecular complexity index is 381. The summed E-state index contributed by atoms with van der Waals surface area (Å²) in [5.74, 6) is 0.481. The van der Waals surface area contributed by atoms with Crippen LogP contribution in [0.1, 0.15) is 19.0 Å². The molecule has 0 bridgehead atoms. The molecule has 1 aromatic rings. The highest BCUT2D eigenvalue weighted by Crippen LogP contribution is 2.16. The van der Waals surface area contributed by atoms with Crippen molar-refractivity contribution in [2.45, 2.75) is 26.3 Å².